The Balaban J connectivity index is 1.64. The maximum atomic E-state index is 13.2. The van der Waals surface area contributed by atoms with Gasteiger partial charge in [-0.15, -0.1) is 11.3 Å². The van der Waals surface area contributed by atoms with E-state index in [1.54, 1.807) is 11.7 Å². The molecule has 1 N–H and O–H groups in total. The minimum absolute atomic E-state index is 0.0410. The van der Waals surface area contributed by atoms with Crippen LogP contribution in [0.3, 0.4) is 0 Å². The summed E-state index contributed by atoms with van der Waals surface area (Å²) in [4.78, 5) is 32.2. The first-order valence-corrected chi connectivity index (χ1v) is 12.9. The minimum atomic E-state index is -0.0812. The van der Waals surface area contributed by atoms with Gasteiger partial charge in [0.25, 0.3) is 5.56 Å². The zero-order valence-corrected chi connectivity index (χ0v) is 21.2. The zero-order chi connectivity index (χ0) is 23.8. The highest BCUT2D eigenvalue weighted by atomic mass is 32.2. The fourth-order valence-electron chi connectivity index (χ4n) is 3.40. The molecular formula is C24H31N3O4S2. The van der Waals surface area contributed by atoms with Crippen LogP contribution in [0.1, 0.15) is 29.3 Å². The average molecular weight is 490 g/mol. The Bertz CT molecular complexity index is 1140. The van der Waals surface area contributed by atoms with Gasteiger partial charge < -0.3 is 14.8 Å². The fourth-order valence-corrected chi connectivity index (χ4v) is 5.33. The Hall–Kier alpha value is -2.36. The van der Waals surface area contributed by atoms with E-state index in [4.69, 9.17) is 14.5 Å². The predicted octanol–water partition coefficient (Wildman–Crippen LogP) is 3.96. The number of ether oxygens (including phenoxy) is 2. The Morgan fingerprint density at radius 3 is 2.70 bits per heavy atom. The molecule has 2 aromatic heterocycles. The summed E-state index contributed by atoms with van der Waals surface area (Å²) in [5.41, 5.74) is 2.07. The number of thiophene rings is 1. The summed E-state index contributed by atoms with van der Waals surface area (Å²) in [6.45, 7) is 8.20. The van der Waals surface area contributed by atoms with Crippen molar-refractivity contribution in [2.24, 2.45) is 0 Å². The lowest BCUT2D eigenvalue weighted by molar-refractivity contribution is -0.118. The van der Waals surface area contributed by atoms with E-state index in [2.05, 4.69) is 5.32 Å². The van der Waals surface area contributed by atoms with Gasteiger partial charge in [-0.3, -0.25) is 14.2 Å². The van der Waals surface area contributed by atoms with Gasteiger partial charge in [0.1, 0.15) is 10.6 Å². The number of hydrogen-bond donors (Lipinski definition) is 1. The van der Waals surface area contributed by atoms with Gasteiger partial charge in [0, 0.05) is 31.2 Å². The van der Waals surface area contributed by atoms with Crippen molar-refractivity contribution < 1.29 is 14.3 Å². The molecule has 33 heavy (non-hydrogen) atoms. The van der Waals surface area contributed by atoms with Crippen molar-refractivity contribution in [1.29, 1.82) is 0 Å². The molecule has 0 spiro atoms. The largest absolute Gasteiger partial charge is 0.497 e. The number of carbonyl (C=O) groups excluding carboxylic acids is 1. The van der Waals surface area contributed by atoms with E-state index in [0.29, 0.717) is 43.3 Å². The molecule has 0 atom stereocenters. The van der Waals surface area contributed by atoms with Crippen LogP contribution < -0.4 is 15.6 Å². The second-order valence-electron chi connectivity index (χ2n) is 7.60. The number of aromatic nitrogens is 2. The first-order chi connectivity index (χ1) is 15.9. The molecule has 9 heteroatoms. The molecule has 178 valence electrons. The molecule has 0 aliphatic rings. The topological polar surface area (TPSA) is 82.4 Å². The smallest absolute Gasteiger partial charge is 0.263 e. The van der Waals surface area contributed by atoms with E-state index in [0.717, 1.165) is 33.0 Å². The molecular weight excluding hydrogens is 458 g/mol. The lowest BCUT2D eigenvalue weighted by Crippen LogP contribution is -2.28. The van der Waals surface area contributed by atoms with Crippen LogP contribution in [0, 0.1) is 13.8 Å². The van der Waals surface area contributed by atoms with Gasteiger partial charge in [-0.2, -0.15) is 0 Å². The molecule has 0 unspecified atom stereocenters. The lowest BCUT2D eigenvalue weighted by atomic mass is 10.1. The van der Waals surface area contributed by atoms with Crippen LogP contribution in [0.25, 0.3) is 10.2 Å². The van der Waals surface area contributed by atoms with Gasteiger partial charge in [-0.05, 0) is 56.9 Å². The van der Waals surface area contributed by atoms with Crippen molar-refractivity contribution >= 4 is 39.2 Å². The molecule has 0 radical (unpaired) electrons. The molecule has 0 fully saturated rings. The number of benzene rings is 1. The molecule has 0 aliphatic carbocycles. The molecule has 3 rings (SSSR count). The van der Waals surface area contributed by atoms with E-state index in [1.165, 1.54) is 23.1 Å². The van der Waals surface area contributed by atoms with Crippen molar-refractivity contribution in [2.75, 3.05) is 32.6 Å². The molecule has 7 nitrogen and oxygen atoms in total. The van der Waals surface area contributed by atoms with Crippen LogP contribution in [0.15, 0.2) is 34.2 Å². The van der Waals surface area contributed by atoms with E-state index in [-0.39, 0.29) is 17.2 Å². The van der Waals surface area contributed by atoms with Crippen molar-refractivity contribution in [2.45, 2.75) is 45.3 Å². The van der Waals surface area contributed by atoms with Crippen molar-refractivity contribution in [1.82, 2.24) is 14.9 Å². The second kappa shape index (κ2) is 12.2. The number of carbonyl (C=O) groups is 1. The highest BCUT2D eigenvalue weighted by Gasteiger charge is 2.17. The summed E-state index contributed by atoms with van der Waals surface area (Å²) >= 11 is 2.83. The summed E-state index contributed by atoms with van der Waals surface area (Å²) in [7, 11) is 1.64. The summed E-state index contributed by atoms with van der Waals surface area (Å²) in [6, 6.07) is 7.80. The quantitative estimate of drug-likeness (QED) is 0.236. The number of methoxy groups -OCH3 is 1. The second-order valence-corrected chi connectivity index (χ2v) is 9.75. The SMILES string of the molecule is CCOCCCn1c(SCC(=O)NCCc2ccc(OC)cc2)nc2sc(C)c(C)c2c1=O. The van der Waals surface area contributed by atoms with Crippen molar-refractivity contribution in [3.8, 4) is 5.75 Å². The predicted molar refractivity (Wildman–Crippen MR) is 135 cm³/mol. The fraction of sp³-hybridized carbons (Fsp3) is 0.458. The number of aryl methyl sites for hydroxylation is 2. The maximum Gasteiger partial charge on any atom is 0.263 e. The van der Waals surface area contributed by atoms with Gasteiger partial charge in [0.2, 0.25) is 5.91 Å². The third kappa shape index (κ3) is 6.59. The Labute approximate surface area is 202 Å². The molecule has 0 saturated carbocycles. The van der Waals surface area contributed by atoms with Gasteiger partial charge in [0.15, 0.2) is 5.16 Å². The zero-order valence-electron chi connectivity index (χ0n) is 19.6. The normalized spacial score (nSPS) is 11.2. The monoisotopic (exact) mass is 489 g/mol. The van der Waals surface area contributed by atoms with E-state index in [1.807, 2.05) is 45.0 Å². The molecule has 0 bridgehead atoms. The lowest BCUT2D eigenvalue weighted by Gasteiger charge is -2.12. The Kier molecular flexibility index (Phi) is 9.34. The van der Waals surface area contributed by atoms with Crippen molar-refractivity contribution in [3.05, 3.63) is 50.6 Å². The Morgan fingerprint density at radius 1 is 1.24 bits per heavy atom. The summed E-state index contributed by atoms with van der Waals surface area (Å²) in [5.74, 6) is 0.935. The number of thioether (sulfide) groups is 1. The van der Waals surface area contributed by atoms with Gasteiger partial charge >= 0.3 is 0 Å². The van der Waals surface area contributed by atoms with Crippen LogP contribution >= 0.6 is 23.1 Å². The third-order valence-electron chi connectivity index (χ3n) is 5.36. The summed E-state index contributed by atoms with van der Waals surface area (Å²) < 4.78 is 12.3. The molecule has 3 aromatic rings. The standard InChI is InChI=1S/C24H31N3O4S2/c1-5-31-14-6-13-27-23(29)21-16(2)17(3)33-22(21)26-24(27)32-15-20(28)25-12-11-18-7-9-19(30-4)10-8-18/h7-10H,5-6,11-15H2,1-4H3,(H,25,28). The van der Waals surface area contributed by atoms with Gasteiger partial charge in [-0.1, -0.05) is 23.9 Å². The maximum absolute atomic E-state index is 13.2. The molecule has 1 aromatic carbocycles. The number of amides is 1. The first-order valence-electron chi connectivity index (χ1n) is 11.0. The average Bonchev–Trinajstić information content (AvgIpc) is 3.10. The third-order valence-corrected chi connectivity index (χ3v) is 7.43. The number of hydrogen-bond acceptors (Lipinski definition) is 7. The Morgan fingerprint density at radius 2 is 2.00 bits per heavy atom. The van der Waals surface area contributed by atoms with Crippen LogP contribution in [-0.4, -0.2) is 48.1 Å². The minimum Gasteiger partial charge on any atom is -0.497 e. The van der Waals surface area contributed by atoms with Crippen LogP contribution in [0.4, 0.5) is 0 Å². The summed E-state index contributed by atoms with van der Waals surface area (Å²) in [6.07, 6.45) is 1.45. The van der Waals surface area contributed by atoms with Crippen LogP contribution in [0.5, 0.6) is 5.75 Å². The van der Waals surface area contributed by atoms with Crippen LogP contribution in [0.2, 0.25) is 0 Å². The van der Waals surface area contributed by atoms with E-state index >= 15 is 0 Å². The highest BCUT2D eigenvalue weighted by Crippen LogP contribution is 2.28. The molecule has 2 heterocycles. The highest BCUT2D eigenvalue weighted by molar-refractivity contribution is 7.99. The number of nitrogens with zero attached hydrogens (tertiary/aromatic N) is 2. The van der Waals surface area contributed by atoms with Crippen LogP contribution in [-0.2, 0) is 22.5 Å². The van der Waals surface area contributed by atoms with Gasteiger partial charge in [-0.25, -0.2) is 4.98 Å². The van der Waals surface area contributed by atoms with E-state index < -0.39 is 0 Å². The first kappa shape index (κ1) is 25.3. The molecule has 0 aliphatic heterocycles. The van der Waals surface area contributed by atoms with Crippen molar-refractivity contribution in [3.63, 3.8) is 0 Å². The molecule has 1 amide bonds. The van der Waals surface area contributed by atoms with Gasteiger partial charge in [0.05, 0.1) is 18.2 Å². The number of fused-ring (bicyclic) bond motifs is 1. The van der Waals surface area contributed by atoms with E-state index in [9.17, 15) is 9.59 Å². The summed E-state index contributed by atoms with van der Waals surface area (Å²) in [5, 5.41) is 4.21. The number of nitrogens with one attached hydrogen (secondary N) is 1. The number of rotatable bonds is 12. The molecule has 0 saturated heterocycles.